The summed E-state index contributed by atoms with van der Waals surface area (Å²) in [5.41, 5.74) is 0.235. The smallest absolute Gasteiger partial charge is 0.428 e. The third kappa shape index (κ3) is 7.47. The second kappa shape index (κ2) is 10.7. The molecular formula is C21H22F7NO2S. The number of rotatable bonds is 10. The van der Waals surface area contributed by atoms with E-state index in [1.807, 2.05) is 13.8 Å². The largest absolute Gasteiger partial charge is 0.461 e. The van der Waals surface area contributed by atoms with Gasteiger partial charge in [0, 0.05) is 27.9 Å². The third-order valence-electron chi connectivity index (χ3n) is 4.16. The number of aliphatic hydroxyl groups excluding tert-OH is 1. The fourth-order valence-corrected chi connectivity index (χ4v) is 3.62. The Morgan fingerprint density at radius 2 is 1.66 bits per heavy atom. The first-order valence-electron chi connectivity index (χ1n) is 9.49. The van der Waals surface area contributed by atoms with Gasteiger partial charge in [-0.25, -0.2) is 0 Å². The summed E-state index contributed by atoms with van der Waals surface area (Å²) in [6.45, 7) is 2.55. The number of thioether (sulfide) groups is 1. The summed E-state index contributed by atoms with van der Waals surface area (Å²) in [4.78, 5) is 1.88. The van der Waals surface area contributed by atoms with Gasteiger partial charge in [-0.15, -0.1) is 11.8 Å². The van der Waals surface area contributed by atoms with E-state index in [1.165, 1.54) is 36.0 Å². The molecule has 2 aromatic rings. The van der Waals surface area contributed by atoms with Crippen molar-refractivity contribution in [3.63, 3.8) is 0 Å². The molecule has 3 nitrogen and oxygen atoms in total. The molecule has 0 saturated carbocycles. The van der Waals surface area contributed by atoms with E-state index in [2.05, 4.69) is 4.74 Å². The van der Waals surface area contributed by atoms with Crippen molar-refractivity contribution in [1.82, 2.24) is 0 Å². The van der Waals surface area contributed by atoms with Crippen molar-refractivity contribution in [2.45, 2.75) is 55.4 Å². The molecule has 1 atom stereocenters. The zero-order valence-corrected chi connectivity index (χ0v) is 17.9. The highest BCUT2D eigenvalue weighted by atomic mass is 32.2. The van der Waals surface area contributed by atoms with Crippen LogP contribution in [-0.4, -0.2) is 41.7 Å². The highest BCUT2D eigenvalue weighted by molar-refractivity contribution is 7.99. The normalized spacial score (nSPS) is 13.5. The standard InChI is InChI=1S/C21H22F7NO2S/c1-13(2)32-16-8-5-7-15(10-16)29(12-18(30)20(24,25)26)11-14-6-3-4-9-17(14)31-21(27,28)19(22)23/h3-10,13,18-19,30H,11-12H2,1-2H3. The molecule has 0 spiro atoms. The molecule has 0 bridgehead atoms. The summed E-state index contributed by atoms with van der Waals surface area (Å²) < 4.78 is 95.2. The molecule has 2 aromatic carbocycles. The van der Waals surface area contributed by atoms with Gasteiger partial charge in [0.2, 0.25) is 0 Å². The van der Waals surface area contributed by atoms with E-state index in [0.717, 1.165) is 15.9 Å². The van der Waals surface area contributed by atoms with Crippen LogP contribution in [0.2, 0.25) is 0 Å². The molecule has 0 aliphatic carbocycles. The number of benzene rings is 2. The van der Waals surface area contributed by atoms with Gasteiger partial charge >= 0.3 is 18.7 Å². The van der Waals surface area contributed by atoms with Gasteiger partial charge in [0.15, 0.2) is 6.10 Å². The topological polar surface area (TPSA) is 32.7 Å². The number of hydrogen-bond acceptors (Lipinski definition) is 4. The van der Waals surface area contributed by atoms with Gasteiger partial charge in [-0.2, -0.15) is 30.7 Å². The van der Waals surface area contributed by atoms with Gasteiger partial charge in [0.05, 0.1) is 6.54 Å². The Balaban J connectivity index is 2.40. The molecular weight excluding hydrogens is 463 g/mol. The monoisotopic (exact) mass is 485 g/mol. The molecule has 0 radical (unpaired) electrons. The minimum atomic E-state index is -4.92. The third-order valence-corrected chi connectivity index (χ3v) is 5.16. The molecule has 11 heteroatoms. The number of ether oxygens (including phenoxy) is 1. The van der Waals surface area contributed by atoms with E-state index in [4.69, 9.17) is 0 Å². The molecule has 0 amide bonds. The second-order valence-electron chi connectivity index (χ2n) is 7.17. The number of aliphatic hydroxyl groups is 1. The molecule has 0 aromatic heterocycles. The van der Waals surface area contributed by atoms with Gasteiger partial charge in [-0.1, -0.05) is 38.1 Å². The lowest BCUT2D eigenvalue weighted by Crippen LogP contribution is -2.41. The Labute approximate surface area is 185 Å². The molecule has 0 aliphatic heterocycles. The quantitative estimate of drug-likeness (QED) is 0.314. The Hall–Kier alpha value is -2.14. The van der Waals surface area contributed by atoms with E-state index < -0.39 is 43.7 Å². The minimum absolute atomic E-state index is 0.0517. The summed E-state index contributed by atoms with van der Waals surface area (Å²) in [6, 6.07) is 11.5. The zero-order chi connectivity index (χ0) is 24.1. The van der Waals surface area contributed by atoms with Gasteiger partial charge in [0.25, 0.3) is 0 Å². The van der Waals surface area contributed by atoms with Crippen LogP contribution in [0.25, 0.3) is 0 Å². The maximum Gasteiger partial charge on any atom is 0.461 e. The molecule has 0 aliphatic rings. The Morgan fingerprint density at radius 1 is 1.00 bits per heavy atom. The van der Waals surface area contributed by atoms with E-state index in [0.29, 0.717) is 0 Å². The van der Waals surface area contributed by atoms with Crippen LogP contribution in [0.15, 0.2) is 53.4 Å². The van der Waals surface area contributed by atoms with Gasteiger partial charge in [-0.05, 0) is 24.3 Å². The average Bonchev–Trinajstić information content (AvgIpc) is 2.67. The predicted octanol–water partition coefficient (Wildman–Crippen LogP) is 6.35. The predicted molar refractivity (Wildman–Crippen MR) is 109 cm³/mol. The average molecular weight is 485 g/mol. The number of hydrogen-bond donors (Lipinski definition) is 1. The maximum atomic E-state index is 13.4. The van der Waals surface area contributed by atoms with Crippen LogP contribution in [-0.2, 0) is 6.54 Å². The first-order chi connectivity index (χ1) is 14.8. The molecule has 2 rings (SSSR count). The minimum Gasteiger partial charge on any atom is -0.428 e. The van der Waals surface area contributed by atoms with Gasteiger partial charge < -0.3 is 14.7 Å². The van der Waals surface area contributed by atoms with Crippen molar-refractivity contribution in [3.8, 4) is 5.75 Å². The van der Waals surface area contributed by atoms with E-state index in [1.54, 1.807) is 18.2 Å². The fourth-order valence-electron chi connectivity index (χ4n) is 2.73. The lowest BCUT2D eigenvalue weighted by Gasteiger charge is -2.30. The second-order valence-corrected chi connectivity index (χ2v) is 8.82. The van der Waals surface area contributed by atoms with Crippen molar-refractivity contribution in [2.24, 2.45) is 0 Å². The van der Waals surface area contributed by atoms with E-state index in [-0.39, 0.29) is 16.5 Å². The van der Waals surface area contributed by atoms with Crippen LogP contribution in [0.5, 0.6) is 5.75 Å². The molecule has 1 N–H and O–H groups in total. The van der Waals surface area contributed by atoms with Crippen LogP contribution in [0.1, 0.15) is 19.4 Å². The lowest BCUT2D eigenvalue weighted by atomic mass is 10.1. The number of para-hydroxylation sites is 1. The molecule has 178 valence electrons. The summed E-state index contributed by atoms with van der Waals surface area (Å²) in [7, 11) is 0. The zero-order valence-electron chi connectivity index (χ0n) is 17.1. The molecule has 0 fully saturated rings. The fraction of sp³-hybridized carbons (Fsp3) is 0.429. The first kappa shape index (κ1) is 26.1. The van der Waals surface area contributed by atoms with Gasteiger partial charge in [0.1, 0.15) is 5.75 Å². The highest BCUT2D eigenvalue weighted by Crippen LogP contribution is 2.33. The summed E-state index contributed by atoms with van der Waals surface area (Å²) in [5, 5.41) is 9.80. The Bertz CT molecular complexity index is 877. The van der Waals surface area contributed by atoms with Crippen molar-refractivity contribution in [1.29, 1.82) is 0 Å². The van der Waals surface area contributed by atoms with Crippen LogP contribution >= 0.6 is 11.8 Å². The molecule has 0 saturated heterocycles. The molecule has 32 heavy (non-hydrogen) atoms. The summed E-state index contributed by atoms with van der Waals surface area (Å²) in [6.07, 6.45) is -16.5. The number of halogens is 7. The molecule has 1 unspecified atom stereocenters. The van der Waals surface area contributed by atoms with Crippen molar-refractivity contribution < 1.29 is 40.6 Å². The van der Waals surface area contributed by atoms with Gasteiger partial charge in [-0.3, -0.25) is 0 Å². The number of alkyl halides is 7. The van der Waals surface area contributed by atoms with Crippen LogP contribution in [0.4, 0.5) is 36.4 Å². The number of anilines is 1. The van der Waals surface area contributed by atoms with Crippen molar-refractivity contribution >= 4 is 17.4 Å². The highest BCUT2D eigenvalue weighted by Gasteiger charge is 2.44. The van der Waals surface area contributed by atoms with Crippen molar-refractivity contribution in [2.75, 3.05) is 11.4 Å². The summed E-state index contributed by atoms with van der Waals surface area (Å²) >= 11 is 1.46. The number of nitrogens with zero attached hydrogens (tertiary/aromatic N) is 1. The van der Waals surface area contributed by atoms with Crippen LogP contribution in [0, 0.1) is 0 Å². The maximum absolute atomic E-state index is 13.4. The van der Waals surface area contributed by atoms with Crippen LogP contribution in [0.3, 0.4) is 0 Å². The Morgan fingerprint density at radius 3 is 2.25 bits per heavy atom. The SMILES string of the molecule is CC(C)Sc1cccc(N(Cc2ccccc2OC(F)(F)C(F)F)CC(O)C(F)(F)F)c1. The Kier molecular flexibility index (Phi) is 8.69. The van der Waals surface area contributed by atoms with Crippen LogP contribution < -0.4 is 9.64 Å². The van der Waals surface area contributed by atoms with E-state index in [9.17, 15) is 35.8 Å². The summed E-state index contributed by atoms with van der Waals surface area (Å²) in [5.74, 6) is -0.600. The molecule has 0 heterocycles. The van der Waals surface area contributed by atoms with E-state index >= 15 is 0 Å². The lowest BCUT2D eigenvalue weighted by molar-refractivity contribution is -0.253. The first-order valence-corrected chi connectivity index (χ1v) is 10.4. The van der Waals surface area contributed by atoms with Crippen molar-refractivity contribution in [3.05, 3.63) is 54.1 Å².